The Morgan fingerprint density at radius 3 is 2.82 bits per heavy atom. The Labute approximate surface area is 195 Å². The molecule has 1 amide bonds. The molecule has 9 nitrogen and oxygen atoms in total. The van der Waals surface area contributed by atoms with E-state index in [0.29, 0.717) is 36.6 Å². The van der Waals surface area contributed by atoms with Gasteiger partial charge in [0.1, 0.15) is 5.69 Å². The lowest BCUT2D eigenvalue weighted by Gasteiger charge is -2.30. The minimum atomic E-state index is -0.341. The molecule has 0 saturated carbocycles. The van der Waals surface area contributed by atoms with E-state index in [9.17, 15) is 9.59 Å². The van der Waals surface area contributed by atoms with Crippen molar-refractivity contribution in [2.45, 2.75) is 26.8 Å². The van der Waals surface area contributed by atoms with Crippen LogP contribution in [0.15, 0.2) is 64.3 Å². The van der Waals surface area contributed by atoms with Crippen molar-refractivity contribution in [1.82, 2.24) is 14.5 Å². The molecule has 0 bridgehead atoms. The zero-order valence-corrected chi connectivity index (χ0v) is 18.9. The Kier molecular flexibility index (Phi) is 5.37. The van der Waals surface area contributed by atoms with Gasteiger partial charge in [-0.3, -0.25) is 14.2 Å². The third-order valence-corrected chi connectivity index (χ3v) is 5.99. The van der Waals surface area contributed by atoms with Gasteiger partial charge in [-0.25, -0.2) is 9.97 Å². The number of benzene rings is 1. The summed E-state index contributed by atoms with van der Waals surface area (Å²) < 4.78 is 6.86. The van der Waals surface area contributed by atoms with Crippen molar-refractivity contribution >= 4 is 23.2 Å². The molecule has 4 aromatic rings. The molecule has 0 saturated heterocycles. The van der Waals surface area contributed by atoms with E-state index in [1.54, 1.807) is 41.2 Å². The number of anilines is 3. The van der Waals surface area contributed by atoms with Crippen LogP contribution in [0.4, 0.5) is 17.3 Å². The third-order valence-electron chi connectivity index (χ3n) is 5.99. The van der Waals surface area contributed by atoms with Gasteiger partial charge < -0.3 is 20.4 Å². The van der Waals surface area contributed by atoms with Gasteiger partial charge in [-0.2, -0.15) is 0 Å². The largest absolute Gasteiger partial charge is 0.459 e. The number of amides is 1. The molecule has 172 valence electrons. The molecular weight excluding hydrogens is 432 g/mol. The summed E-state index contributed by atoms with van der Waals surface area (Å²) in [6.45, 7) is 4.93. The van der Waals surface area contributed by atoms with Crippen LogP contribution in [0.1, 0.15) is 32.9 Å². The fourth-order valence-electron chi connectivity index (χ4n) is 4.25. The molecule has 0 radical (unpaired) electrons. The molecular formula is C25H24N6O3. The van der Waals surface area contributed by atoms with Gasteiger partial charge >= 0.3 is 0 Å². The van der Waals surface area contributed by atoms with E-state index < -0.39 is 0 Å². The molecule has 0 atom stereocenters. The van der Waals surface area contributed by atoms with E-state index >= 15 is 0 Å². The van der Waals surface area contributed by atoms with Gasteiger partial charge in [-0.1, -0.05) is 6.07 Å². The molecule has 3 N–H and O–H groups in total. The maximum absolute atomic E-state index is 13.6. The number of nitrogen functional groups attached to an aromatic ring is 1. The van der Waals surface area contributed by atoms with Gasteiger partial charge in [0.15, 0.2) is 5.76 Å². The van der Waals surface area contributed by atoms with Gasteiger partial charge in [0.25, 0.3) is 11.5 Å². The molecule has 0 fully saturated rings. The number of aryl methyl sites for hydroxylation is 2. The fourth-order valence-corrected chi connectivity index (χ4v) is 4.25. The van der Waals surface area contributed by atoms with E-state index in [4.69, 9.17) is 10.2 Å². The summed E-state index contributed by atoms with van der Waals surface area (Å²) in [4.78, 5) is 36.6. The zero-order valence-electron chi connectivity index (χ0n) is 18.9. The normalized spacial score (nSPS) is 12.9. The average Bonchev–Trinajstić information content (AvgIpc) is 3.25. The second-order valence-corrected chi connectivity index (χ2v) is 8.33. The van der Waals surface area contributed by atoms with Crippen molar-refractivity contribution < 1.29 is 9.21 Å². The summed E-state index contributed by atoms with van der Waals surface area (Å²) in [6.07, 6.45) is 5.64. The number of nitrogens with two attached hydrogens (primary N) is 1. The highest BCUT2D eigenvalue weighted by molar-refractivity contribution is 6.03. The van der Waals surface area contributed by atoms with Gasteiger partial charge in [0, 0.05) is 48.7 Å². The lowest BCUT2D eigenvalue weighted by Crippen LogP contribution is -2.37. The molecule has 1 aromatic carbocycles. The molecule has 0 aliphatic carbocycles. The molecule has 5 rings (SSSR count). The van der Waals surface area contributed by atoms with E-state index in [0.717, 1.165) is 22.4 Å². The van der Waals surface area contributed by atoms with Gasteiger partial charge in [0.05, 0.1) is 17.6 Å². The van der Waals surface area contributed by atoms with Crippen LogP contribution in [-0.4, -0.2) is 27.0 Å². The van der Waals surface area contributed by atoms with Crippen LogP contribution in [0.25, 0.3) is 5.69 Å². The number of pyridine rings is 1. The van der Waals surface area contributed by atoms with Crippen molar-refractivity contribution in [3.63, 3.8) is 0 Å². The number of rotatable bonds is 4. The van der Waals surface area contributed by atoms with Gasteiger partial charge in [-0.05, 0) is 49.7 Å². The van der Waals surface area contributed by atoms with Crippen LogP contribution in [0.3, 0.4) is 0 Å². The van der Waals surface area contributed by atoms with Crippen LogP contribution in [0.5, 0.6) is 0 Å². The number of hydrogen-bond acceptors (Lipinski definition) is 7. The minimum absolute atomic E-state index is 0.134. The summed E-state index contributed by atoms with van der Waals surface area (Å²) in [7, 11) is 0. The van der Waals surface area contributed by atoms with E-state index in [2.05, 4.69) is 20.2 Å². The average molecular weight is 457 g/mol. The summed E-state index contributed by atoms with van der Waals surface area (Å²) in [5, 5.41) is 2.84. The Morgan fingerprint density at radius 2 is 2.03 bits per heavy atom. The van der Waals surface area contributed by atoms with Crippen molar-refractivity contribution in [3.8, 4) is 5.69 Å². The van der Waals surface area contributed by atoms with Crippen LogP contribution >= 0.6 is 0 Å². The molecule has 9 heteroatoms. The number of carbonyl (C=O) groups excluding carboxylic acids is 1. The summed E-state index contributed by atoms with van der Waals surface area (Å²) in [6, 6.07) is 10.8. The molecule has 0 unspecified atom stereocenters. The number of nitrogens with one attached hydrogen (secondary N) is 1. The summed E-state index contributed by atoms with van der Waals surface area (Å²) in [5.74, 6) is 0.183. The highest BCUT2D eigenvalue weighted by Gasteiger charge is 2.23. The smallest absolute Gasteiger partial charge is 0.291 e. The predicted molar refractivity (Wildman–Crippen MR) is 129 cm³/mol. The first kappa shape index (κ1) is 21.4. The first-order valence-corrected chi connectivity index (χ1v) is 10.9. The number of furan rings is 1. The molecule has 1 aliphatic rings. The minimum Gasteiger partial charge on any atom is -0.459 e. The summed E-state index contributed by atoms with van der Waals surface area (Å²) in [5.41, 5.74) is 11.0. The number of hydrogen-bond donors (Lipinski definition) is 2. The molecule has 0 spiro atoms. The monoisotopic (exact) mass is 456 g/mol. The maximum atomic E-state index is 13.6. The second-order valence-electron chi connectivity index (χ2n) is 8.33. The fraction of sp³-hybridized carbons (Fsp3) is 0.200. The number of aromatic nitrogens is 3. The van der Waals surface area contributed by atoms with Crippen LogP contribution in [0.2, 0.25) is 0 Å². The molecule has 3 aromatic heterocycles. The third kappa shape index (κ3) is 3.92. The van der Waals surface area contributed by atoms with Crippen LogP contribution < -0.4 is 21.5 Å². The Morgan fingerprint density at radius 1 is 1.18 bits per heavy atom. The van der Waals surface area contributed by atoms with Crippen LogP contribution in [0, 0.1) is 13.8 Å². The maximum Gasteiger partial charge on any atom is 0.291 e. The van der Waals surface area contributed by atoms with Crippen molar-refractivity contribution in [2.75, 3.05) is 22.5 Å². The van der Waals surface area contributed by atoms with Crippen LogP contribution in [-0.2, 0) is 13.0 Å². The Bertz CT molecular complexity index is 1460. The first-order valence-electron chi connectivity index (χ1n) is 10.9. The second kappa shape index (κ2) is 8.51. The highest BCUT2D eigenvalue weighted by atomic mass is 16.3. The molecule has 1 aliphatic heterocycles. The standard InChI is InChI=1S/C25H24N6O3/c1-15-6-10-31(19-5-3-4-18(12-19)28-23(32)22-16(2)8-11-34-22)24(33)21(15)30-9-7-20-17(14-30)13-27-25(26)29-20/h3-6,8,10-13H,7,9,14H2,1-2H3,(H,28,32)(H2,26,27,29). The van der Waals surface area contributed by atoms with Gasteiger partial charge in [0.2, 0.25) is 5.95 Å². The Balaban J connectivity index is 1.46. The molecule has 34 heavy (non-hydrogen) atoms. The first-order chi connectivity index (χ1) is 16.4. The number of fused-ring (bicyclic) bond motifs is 1. The number of nitrogens with zero attached hydrogens (tertiary/aromatic N) is 4. The van der Waals surface area contributed by atoms with E-state index in [1.807, 2.05) is 26.0 Å². The van der Waals surface area contributed by atoms with E-state index in [-0.39, 0.29) is 23.2 Å². The molecule has 4 heterocycles. The Hall–Kier alpha value is -4.40. The lowest BCUT2D eigenvalue weighted by molar-refractivity contribution is 0.0996. The zero-order chi connectivity index (χ0) is 23.8. The number of carbonyl (C=O) groups is 1. The highest BCUT2D eigenvalue weighted by Crippen LogP contribution is 2.25. The summed E-state index contributed by atoms with van der Waals surface area (Å²) >= 11 is 0. The lowest BCUT2D eigenvalue weighted by atomic mass is 10.1. The topological polar surface area (TPSA) is 119 Å². The van der Waals surface area contributed by atoms with E-state index in [1.165, 1.54) is 6.26 Å². The van der Waals surface area contributed by atoms with Gasteiger partial charge in [-0.15, -0.1) is 0 Å². The predicted octanol–water partition coefficient (Wildman–Crippen LogP) is 3.23. The quantitative estimate of drug-likeness (QED) is 0.484. The van der Waals surface area contributed by atoms with Crippen molar-refractivity contribution in [1.29, 1.82) is 0 Å². The van der Waals surface area contributed by atoms with Crippen molar-refractivity contribution in [2.24, 2.45) is 0 Å². The SMILES string of the molecule is Cc1ccoc1C(=O)Nc1cccc(-n2ccc(C)c(N3CCc4nc(N)ncc4C3)c2=O)c1. The van der Waals surface area contributed by atoms with Crippen molar-refractivity contribution in [3.05, 3.63) is 93.6 Å².